The minimum Gasteiger partial charge on any atom is -0.385 e. The van der Waals surface area contributed by atoms with Gasteiger partial charge in [0.1, 0.15) is 4.21 Å². The van der Waals surface area contributed by atoms with Crippen molar-refractivity contribution < 1.29 is 22.7 Å². The predicted molar refractivity (Wildman–Crippen MR) is 144 cm³/mol. The number of rotatable bonds is 8. The zero-order chi connectivity index (χ0) is 25.4. The number of halogens is 1. The molecule has 190 valence electrons. The summed E-state index contributed by atoms with van der Waals surface area (Å²) in [5, 5.41) is 4.72. The van der Waals surface area contributed by atoms with E-state index in [-0.39, 0.29) is 17.7 Å². The van der Waals surface area contributed by atoms with Gasteiger partial charge in [0, 0.05) is 61.3 Å². The molecule has 1 saturated heterocycles. The van der Waals surface area contributed by atoms with Crippen molar-refractivity contribution >= 4 is 71.3 Å². The molecule has 0 radical (unpaired) electrons. The van der Waals surface area contributed by atoms with Gasteiger partial charge in [0.05, 0.1) is 9.47 Å². The lowest BCUT2D eigenvalue weighted by molar-refractivity contribution is -0.120. The fraction of sp³-hybridized carbons (Fsp3) is 0.360. The van der Waals surface area contributed by atoms with Crippen molar-refractivity contribution in [1.29, 1.82) is 0 Å². The lowest BCUT2D eigenvalue weighted by Gasteiger charge is -2.30. The molecule has 0 bridgehead atoms. The number of nitrogens with one attached hydrogen (secondary N) is 1. The summed E-state index contributed by atoms with van der Waals surface area (Å²) in [6.45, 7) is 1.73. The highest BCUT2D eigenvalue weighted by Gasteiger charge is 2.34. The second kappa shape index (κ2) is 10.2. The highest BCUT2D eigenvalue weighted by atomic mass is 79.9. The van der Waals surface area contributed by atoms with Crippen LogP contribution in [0, 0.1) is 5.92 Å². The van der Waals surface area contributed by atoms with E-state index in [4.69, 9.17) is 4.74 Å². The van der Waals surface area contributed by atoms with E-state index >= 15 is 0 Å². The number of piperidine rings is 1. The van der Waals surface area contributed by atoms with Gasteiger partial charge in [0.15, 0.2) is 0 Å². The summed E-state index contributed by atoms with van der Waals surface area (Å²) in [4.78, 5) is 27.9. The molecule has 0 atom stereocenters. The number of sulfonamides is 1. The zero-order valence-corrected chi connectivity index (χ0v) is 22.9. The van der Waals surface area contributed by atoms with Gasteiger partial charge >= 0.3 is 0 Å². The molecule has 1 aromatic heterocycles. The Kier molecular flexibility index (Phi) is 7.19. The van der Waals surface area contributed by atoms with E-state index in [1.54, 1.807) is 24.1 Å². The number of amides is 2. The molecule has 0 unspecified atom stereocenters. The summed E-state index contributed by atoms with van der Waals surface area (Å²) >= 11 is 4.50. The van der Waals surface area contributed by atoms with Crippen molar-refractivity contribution in [2.24, 2.45) is 5.92 Å². The molecule has 3 heterocycles. The fourth-order valence-electron chi connectivity index (χ4n) is 4.90. The Labute approximate surface area is 222 Å². The van der Waals surface area contributed by atoms with E-state index < -0.39 is 10.0 Å². The lowest BCUT2D eigenvalue weighted by atomic mass is 9.96. The smallest absolute Gasteiger partial charge is 0.258 e. The molecule has 0 aliphatic carbocycles. The number of hydrogen-bond donors (Lipinski definition) is 1. The summed E-state index contributed by atoms with van der Waals surface area (Å²) in [6.07, 6.45) is 1.63. The molecule has 36 heavy (non-hydrogen) atoms. The summed E-state index contributed by atoms with van der Waals surface area (Å²) in [7, 11) is -1.91. The maximum absolute atomic E-state index is 13.2. The fourth-order valence-corrected chi connectivity index (χ4v) is 8.53. The van der Waals surface area contributed by atoms with Gasteiger partial charge < -0.3 is 15.0 Å². The third kappa shape index (κ3) is 4.58. The molecule has 5 rings (SSSR count). The number of methoxy groups -OCH3 is 1. The highest BCUT2D eigenvalue weighted by molar-refractivity contribution is 9.11. The number of nitrogens with zero attached hydrogens (tertiary/aromatic N) is 2. The van der Waals surface area contributed by atoms with E-state index in [0.29, 0.717) is 54.5 Å². The maximum atomic E-state index is 13.2. The van der Waals surface area contributed by atoms with Gasteiger partial charge in [-0.25, -0.2) is 8.42 Å². The van der Waals surface area contributed by atoms with Crippen LogP contribution in [0.2, 0.25) is 0 Å². The second-order valence-electron chi connectivity index (χ2n) is 8.89. The average Bonchev–Trinajstić information content (AvgIpc) is 3.44. The Balaban J connectivity index is 1.30. The van der Waals surface area contributed by atoms with Gasteiger partial charge in [-0.3, -0.25) is 9.59 Å². The van der Waals surface area contributed by atoms with Crippen LogP contribution in [-0.2, 0) is 19.6 Å². The lowest BCUT2D eigenvalue weighted by Crippen LogP contribution is -2.41. The van der Waals surface area contributed by atoms with Gasteiger partial charge in [-0.1, -0.05) is 12.1 Å². The third-order valence-corrected chi connectivity index (χ3v) is 10.7. The Morgan fingerprint density at radius 2 is 1.94 bits per heavy atom. The number of anilines is 2. The Bertz CT molecular complexity index is 1430. The highest BCUT2D eigenvalue weighted by Crippen LogP contribution is 2.41. The molecule has 0 spiro atoms. The standard InChI is InChI=1S/C25H26BrN3O5S2/c1-34-15-3-12-29-20-7-6-19(17-4-2-5-18(23(17)20)25(29)31)27-24(30)16-10-13-28(14-11-16)36(32,33)22-9-8-21(26)35-22/h2,4-9,16H,3,10-15H2,1H3,(H,27,30). The molecule has 1 fully saturated rings. The van der Waals surface area contributed by atoms with E-state index in [1.165, 1.54) is 15.6 Å². The van der Waals surface area contributed by atoms with Crippen LogP contribution in [0.1, 0.15) is 29.6 Å². The normalized spacial score (nSPS) is 16.7. The van der Waals surface area contributed by atoms with E-state index in [0.717, 1.165) is 26.7 Å². The van der Waals surface area contributed by atoms with Crippen molar-refractivity contribution in [1.82, 2.24) is 4.31 Å². The number of carbonyl (C=O) groups excluding carboxylic acids is 2. The van der Waals surface area contributed by atoms with E-state index in [9.17, 15) is 18.0 Å². The molecule has 11 heteroatoms. The molecular weight excluding hydrogens is 566 g/mol. The monoisotopic (exact) mass is 591 g/mol. The van der Waals surface area contributed by atoms with Gasteiger partial charge in [-0.15, -0.1) is 11.3 Å². The Morgan fingerprint density at radius 3 is 2.64 bits per heavy atom. The van der Waals surface area contributed by atoms with Crippen molar-refractivity contribution in [3.8, 4) is 0 Å². The number of hydrogen-bond acceptors (Lipinski definition) is 6. The predicted octanol–water partition coefficient (Wildman–Crippen LogP) is 4.70. The first kappa shape index (κ1) is 25.3. The van der Waals surface area contributed by atoms with Crippen LogP contribution < -0.4 is 10.2 Å². The SMILES string of the molecule is COCCCN1C(=O)c2cccc3c(NC(=O)C4CCN(S(=O)(=O)c5ccc(Br)s5)CC4)ccc1c23. The number of thiophene rings is 1. The minimum atomic E-state index is -3.55. The van der Waals surface area contributed by atoms with E-state index in [1.807, 2.05) is 30.3 Å². The van der Waals surface area contributed by atoms with Crippen LogP contribution in [0.25, 0.3) is 10.8 Å². The first-order valence-electron chi connectivity index (χ1n) is 11.7. The molecule has 2 aromatic carbocycles. The molecular formula is C25H26BrN3O5S2. The van der Waals surface area contributed by atoms with Crippen molar-refractivity contribution in [2.45, 2.75) is 23.5 Å². The Morgan fingerprint density at radius 1 is 1.17 bits per heavy atom. The van der Waals surface area contributed by atoms with Crippen LogP contribution in [0.15, 0.2) is 50.5 Å². The van der Waals surface area contributed by atoms with Crippen LogP contribution in [0.5, 0.6) is 0 Å². The van der Waals surface area contributed by atoms with Crippen LogP contribution >= 0.6 is 27.3 Å². The van der Waals surface area contributed by atoms with Crippen LogP contribution in [0.3, 0.4) is 0 Å². The molecule has 3 aromatic rings. The summed E-state index contributed by atoms with van der Waals surface area (Å²) in [5.74, 6) is -0.462. The van der Waals surface area contributed by atoms with Crippen molar-refractivity contribution in [3.63, 3.8) is 0 Å². The first-order valence-corrected chi connectivity index (χ1v) is 14.8. The molecule has 2 aliphatic heterocycles. The molecule has 8 nitrogen and oxygen atoms in total. The van der Waals surface area contributed by atoms with E-state index in [2.05, 4.69) is 21.2 Å². The van der Waals surface area contributed by atoms with Crippen molar-refractivity contribution in [2.75, 3.05) is 43.6 Å². The second-order valence-corrected chi connectivity index (χ2v) is 13.5. The largest absolute Gasteiger partial charge is 0.385 e. The van der Waals surface area contributed by atoms with Crippen LogP contribution in [0.4, 0.5) is 11.4 Å². The van der Waals surface area contributed by atoms with Gasteiger partial charge in [-0.05, 0) is 65.5 Å². The summed E-state index contributed by atoms with van der Waals surface area (Å²) < 4.78 is 33.4. The summed E-state index contributed by atoms with van der Waals surface area (Å²) in [6, 6.07) is 12.6. The summed E-state index contributed by atoms with van der Waals surface area (Å²) in [5.41, 5.74) is 2.14. The molecule has 2 amide bonds. The third-order valence-electron chi connectivity index (χ3n) is 6.74. The quantitative estimate of drug-likeness (QED) is 0.383. The maximum Gasteiger partial charge on any atom is 0.258 e. The van der Waals surface area contributed by atoms with Crippen LogP contribution in [-0.4, -0.2) is 57.9 Å². The molecule has 0 saturated carbocycles. The number of ether oxygens (including phenoxy) is 1. The average molecular weight is 593 g/mol. The van der Waals surface area contributed by atoms with Gasteiger partial charge in [-0.2, -0.15) is 4.31 Å². The molecule has 1 N–H and O–H groups in total. The molecule has 2 aliphatic rings. The van der Waals surface area contributed by atoms with Gasteiger partial charge in [0.25, 0.3) is 15.9 Å². The number of carbonyl (C=O) groups is 2. The number of benzene rings is 2. The first-order chi connectivity index (χ1) is 17.3. The minimum absolute atomic E-state index is 0.0402. The van der Waals surface area contributed by atoms with Gasteiger partial charge in [0.2, 0.25) is 5.91 Å². The van der Waals surface area contributed by atoms with Crippen molar-refractivity contribution in [3.05, 3.63) is 51.8 Å². The Hall–Kier alpha value is -2.31. The topological polar surface area (TPSA) is 96.0 Å². The zero-order valence-electron chi connectivity index (χ0n) is 19.7.